The average Bonchev–Trinajstić information content (AvgIpc) is 4.01. The molecule has 0 atom stereocenters. The van der Waals surface area contributed by atoms with Crippen molar-refractivity contribution in [2.24, 2.45) is 16.1 Å². The van der Waals surface area contributed by atoms with Crippen LogP contribution in [0, 0.1) is 30.6 Å². The van der Waals surface area contributed by atoms with E-state index >= 15 is 0 Å². The first kappa shape index (κ1) is 37.0. The van der Waals surface area contributed by atoms with Crippen LogP contribution in [0.4, 0.5) is 5.69 Å². The molecule has 2 aromatic rings. The van der Waals surface area contributed by atoms with Crippen molar-refractivity contribution in [2.75, 3.05) is 33.0 Å². The molecule has 0 spiro atoms. The van der Waals surface area contributed by atoms with Crippen LogP contribution in [0.2, 0.25) is 0 Å². The highest BCUT2D eigenvalue weighted by molar-refractivity contribution is 5.89. The summed E-state index contributed by atoms with van der Waals surface area (Å²) in [4.78, 5) is 19.7. The summed E-state index contributed by atoms with van der Waals surface area (Å²) in [7, 11) is 3.13. The molecular weight excluding hydrogens is 564 g/mol. The number of nitrogens with one attached hydrogen (secondary N) is 1. The molecule has 1 amide bonds. The predicted molar refractivity (Wildman–Crippen MR) is 185 cm³/mol. The normalized spacial score (nSPS) is 15.7. The van der Waals surface area contributed by atoms with E-state index in [4.69, 9.17) is 20.2 Å². The van der Waals surface area contributed by atoms with E-state index in [-0.39, 0.29) is 5.41 Å². The number of nitrogens with zero attached hydrogens (tertiary/aromatic N) is 3. The van der Waals surface area contributed by atoms with Gasteiger partial charge in [0.1, 0.15) is 17.2 Å². The Morgan fingerprint density at radius 2 is 1.87 bits per heavy atom. The first-order chi connectivity index (χ1) is 21.8. The lowest BCUT2D eigenvalue weighted by atomic mass is 9.86. The van der Waals surface area contributed by atoms with Gasteiger partial charge in [-0.1, -0.05) is 26.0 Å². The molecular formula is C36H52N6O3. The van der Waals surface area contributed by atoms with Gasteiger partial charge in [-0.3, -0.25) is 9.79 Å². The molecule has 0 saturated heterocycles. The van der Waals surface area contributed by atoms with E-state index in [0.717, 1.165) is 70.8 Å². The number of nitrogen functional groups attached to an aromatic ring is 1. The molecule has 9 nitrogen and oxygen atoms in total. The monoisotopic (exact) mass is 616 g/mol. The van der Waals surface area contributed by atoms with Crippen molar-refractivity contribution in [3.8, 4) is 17.6 Å². The van der Waals surface area contributed by atoms with Gasteiger partial charge < -0.3 is 26.3 Å². The Balaban J connectivity index is 0.000000315. The van der Waals surface area contributed by atoms with Crippen molar-refractivity contribution < 1.29 is 14.3 Å². The molecule has 2 fully saturated rings. The zero-order chi connectivity index (χ0) is 33.4. The number of amides is 1. The molecule has 45 heavy (non-hydrogen) atoms. The fourth-order valence-electron chi connectivity index (χ4n) is 5.00. The smallest absolute Gasteiger partial charge is 0.207 e. The molecule has 5 N–H and O–H groups in total. The van der Waals surface area contributed by atoms with E-state index in [9.17, 15) is 10.1 Å². The van der Waals surface area contributed by atoms with Crippen molar-refractivity contribution in [1.82, 2.24) is 10.3 Å². The molecule has 1 aromatic heterocycles. The molecule has 1 heterocycles. The molecule has 3 aliphatic rings. The molecule has 0 bridgehead atoms. The van der Waals surface area contributed by atoms with E-state index in [1.54, 1.807) is 7.11 Å². The Labute approximate surface area is 269 Å². The highest BCUT2D eigenvalue weighted by atomic mass is 16.5. The molecule has 9 heteroatoms. The third-order valence-electron chi connectivity index (χ3n) is 7.65. The highest BCUT2D eigenvalue weighted by Crippen LogP contribution is 2.54. The number of nitrogens with two attached hydrogens (primary N) is 2. The second kappa shape index (κ2) is 18.6. The van der Waals surface area contributed by atoms with Gasteiger partial charge in [0.15, 0.2) is 0 Å². The van der Waals surface area contributed by atoms with E-state index in [0.29, 0.717) is 37.7 Å². The number of ether oxygens (including phenoxy) is 2. The summed E-state index contributed by atoms with van der Waals surface area (Å²) < 4.78 is 11.1. The lowest BCUT2D eigenvalue weighted by Crippen LogP contribution is -2.16. The lowest BCUT2D eigenvalue weighted by molar-refractivity contribution is -0.109. The largest absolute Gasteiger partial charge is 0.495 e. The van der Waals surface area contributed by atoms with Gasteiger partial charge in [0, 0.05) is 30.4 Å². The maximum atomic E-state index is 10.5. The second-order valence-corrected chi connectivity index (χ2v) is 10.9. The maximum Gasteiger partial charge on any atom is 0.207 e. The summed E-state index contributed by atoms with van der Waals surface area (Å²) in [6, 6.07) is 9.00. The van der Waals surface area contributed by atoms with Crippen LogP contribution in [0.5, 0.6) is 11.5 Å². The van der Waals surface area contributed by atoms with Crippen LogP contribution < -0.4 is 26.3 Å². The third kappa shape index (κ3) is 10.5. The lowest BCUT2D eigenvalue weighted by Gasteiger charge is -2.21. The number of rotatable bonds is 11. The number of benzene rings is 1. The van der Waals surface area contributed by atoms with Crippen molar-refractivity contribution in [3.05, 3.63) is 64.0 Å². The van der Waals surface area contributed by atoms with Gasteiger partial charge in [-0.15, -0.1) is 0 Å². The van der Waals surface area contributed by atoms with Gasteiger partial charge in [-0.25, -0.2) is 4.98 Å². The maximum absolute atomic E-state index is 10.5. The number of methoxy groups -OCH3 is 1. The zero-order valence-electron chi connectivity index (χ0n) is 28.2. The number of carbonyl (C=O) groups excluding carboxylic acids is 1. The fraction of sp³-hybridized carbons (Fsp3) is 0.500. The quantitative estimate of drug-likeness (QED) is 0.117. The number of aryl methyl sites for hydroxylation is 2. The number of aliphatic imine (C=N–C) groups is 1. The number of hydrogen-bond donors (Lipinski definition) is 3. The van der Waals surface area contributed by atoms with Crippen LogP contribution in [-0.2, 0) is 11.2 Å². The first-order valence-corrected chi connectivity index (χ1v) is 16.0. The standard InChI is InChI=1S/C21H25N3O2.C12H16N2O.C2H6.CH5N/c1-3-26-20-15(2)12-18(8-11-23-14-25)24-19(20)16-4-6-17(7-5-16)21(13-22)9-10-21;1-8-5-9(7-14-10-3-4-10)12(13)11(6-8)15-2;2*1-2/h4,6,12,14H,3,5,7-11H2,1-2H3,(H,23,25);5-7,10H,3-4,13H2,1-2H3;1-2H3;2H2,1H3. The molecule has 0 unspecified atom stereocenters. The minimum Gasteiger partial charge on any atom is -0.495 e. The van der Waals surface area contributed by atoms with Gasteiger partial charge in [0.05, 0.1) is 36.9 Å². The molecule has 5 rings (SSSR count). The summed E-state index contributed by atoms with van der Waals surface area (Å²) in [5.41, 5.74) is 18.3. The number of allylic oxidation sites excluding steroid dienone is 4. The Bertz CT molecular complexity index is 1400. The SMILES string of the molecule is CC.CCOc1c(C)cc(CCNC=O)nc1C1=CC=C(C2(C#N)CC2)CC1.CN.COc1cc(C)cc(C=NC2CC2)c1N. The van der Waals surface area contributed by atoms with E-state index < -0.39 is 0 Å². The summed E-state index contributed by atoms with van der Waals surface area (Å²) in [5, 5.41) is 12.1. The van der Waals surface area contributed by atoms with Crippen LogP contribution >= 0.6 is 0 Å². The average molecular weight is 617 g/mol. The van der Waals surface area contributed by atoms with Crippen molar-refractivity contribution in [1.29, 1.82) is 5.26 Å². The molecule has 0 aliphatic heterocycles. The van der Waals surface area contributed by atoms with E-state index in [2.05, 4.69) is 34.3 Å². The number of carbonyl (C=O) groups is 1. The van der Waals surface area contributed by atoms with Crippen LogP contribution in [-0.4, -0.2) is 51.0 Å². The van der Waals surface area contributed by atoms with Crippen LogP contribution in [0.3, 0.4) is 0 Å². The minimum atomic E-state index is -0.198. The second-order valence-electron chi connectivity index (χ2n) is 10.9. The number of hydrogen-bond acceptors (Lipinski definition) is 8. The Morgan fingerprint density at radius 3 is 2.40 bits per heavy atom. The van der Waals surface area contributed by atoms with Gasteiger partial charge in [-0.2, -0.15) is 5.26 Å². The molecule has 3 aliphatic carbocycles. The number of pyridine rings is 1. The Kier molecular flexibility index (Phi) is 15.3. The van der Waals surface area contributed by atoms with Crippen LogP contribution in [0.25, 0.3) is 5.57 Å². The summed E-state index contributed by atoms with van der Waals surface area (Å²) in [6.07, 6.45) is 13.6. The van der Waals surface area contributed by atoms with Crippen LogP contribution in [0.1, 0.15) is 87.4 Å². The number of aromatic nitrogens is 1. The molecule has 244 valence electrons. The summed E-state index contributed by atoms with van der Waals surface area (Å²) in [6.45, 7) is 11.2. The highest BCUT2D eigenvalue weighted by Gasteiger charge is 2.46. The van der Waals surface area contributed by atoms with Gasteiger partial charge in [0.2, 0.25) is 6.41 Å². The fourth-order valence-corrected chi connectivity index (χ4v) is 5.00. The number of nitriles is 1. The van der Waals surface area contributed by atoms with E-state index in [1.165, 1.54) is 25.5 Å². The molecule has 2 saturated carbocycles. The molecule has 1 aromatic carbocycles. The summed E-state index contributed by atoms with van der Waals surface area (Å²) in [5.74, 6) is 1.57. The zero-order valence-corrected chi connectivity index (χ0v) is 28.2. The Hall–Kier alpha value is -4.16. The van der Waals surface area contributed by atoms with Gasteiger partial charge >= 0.3 is 0 Å². The van der Waals surface area contributed by atoms with E-state index in [1.807, 2.05) is 59.0 Å². The first-order valence-electron chi connectivity index (χ1n) is 16.0. The predicted octanol–water partition coefficient (Wildman–Crippen LogP) is 6.25. The Morgan fingerprint density at radius 1 is 1.16 bits per heavy atom. The minimum absolute atomic E-state index is 0.198. The number of anilines is 1. The third-order valence-corrected chi connectivity index (χ3v) is 7.65. The van der Waals surface area contributed by atoms with Crippen molar-refractivity contribution in [3.63, 3.8) is 0 Å². The topological polar surface area (TPSA) is 149 Å². The van der Waals surface area contributed by atoms with Crippen molar-refractivity contribution in [2.45, 2.75) is 85.6 Å². The molecule has 0 radical (unpaired) electrons. The van der Waals surface area contributed by atoms with Crippen LogP contribution in [0.15, 0.2) is 40.9 Å². The van der Waals surface area contributed by atoms with Gasteiger partial charge in [-0.05, 0) is 107 Å². The van der Waals surface area contributed by atoms with Crippen molar-refractivity contribution >= 4 is 23.9 Å². The van der Waals surface area contributed by atoms with Gasteiger partial charge in [0.25, 0.3) is 0 Å². The summed E-state index contributed by atoms with van der Waals surface area (Å²) >= 11 is 0.